The molecule has 1 saturated carbocycles. The maximum Gasteiger partial charge on any atom is 0.309 e. The highest BCUT2D eigenvalue weighted by molar-refractivity contribution is 5.72. The number of ether oxygens (including phenoxy) is 1. The van der Waals surface area contributed by atoms with E-state index in [1.165, 1.54) is 38.5 Å². The Bertz CT molecular complexity index is 360. The van der Waals surface area contributed by atoms with E-state index in [0.29, 0.717) is 18.6 Å². The van der Waals surface area contributed by atoms with Crippen LogP contribution >= 0.6 is 0 Å². The third-order valence-corrected chi connectivity index (χ3v) is 5.93. The Labute approximate surface area is 136 Å². The van der Waals surface area contributed by atoms with Crippen LogP contribution in [-0.2, 0) is 9.53 Å². The summed E-state index contributed by atoms with van der Waals surface area (Å²) in [5.41, 5.74) is 0.250. The minimum absolute atomic E-state index is 0.0680. The molecule has 2 atom stereocenters. The molecule has 0 bridgehead atoms. The molecule has 1 saturated heterocycles. The van der Waals surface area contributed by atoms with Gasteiger partial charge in [0.15, 0.2) is 0 Å². The summed E-state index contributed by atoms with van der Waals surface area (Å²) < 4.78 is 5.69. The van der Waals surface area contributed by atoms with Gasteiger partial charge in [-0.1, -0.05) is 26.2 Å². The summed E-state index contributed by atoms with van der Waals surface area (Å²) in [5.74, 6) is 0.796. The van der Waals surface area contributed by atoms with E-state index in [9.17, 15) is 4.79 Å². The van der Waals surface area contributed by atoms with Gasteiger partial charge in [0.25, 0.3) is 0 Å². The quantitative estimate of drug-likeness (QED) is 0.653. The van der Waals surface area contributed by atoms with Crippen molar-refractivity contribution in [2.45, 2.75) is 90.6 Å². The van der Waals surface area contributed by atoms with Crippen molar-refractivity contribution in [3.63, 3.8) is 0 Å². The van der Waals surface area contributed by atoms with E-state index in [2.05, 4.69) is 32.6 Å². The Morgan fingerprint density at radius 2 is 1.95 bits per heavy atom. The smallest absolute Gasteiger partial charge is 0.309 e. The van der Waals surface area contributed by atoms with Crippen LogP contribution in [0.4, 0.5) is 0 Å². The van der Waals surface area contributed by atoms with Crippen LogP contribution in [0.15, 0.2) is 0 Å². The number of likely N-dealkylation sites (tertiary alicyclic amines) is 1. The summed E-state index contributed by atoms with van der Waals surface area (Å²) in [4.78, 5) is 15.0. The highest BCUT2D eigenvalue weighted by atomic mass is 16.5. The molecule has 1 heterocycles. The SMILES string of the molecule is CCCC(C(=O)OCCN1C(C)CCC1(C)C)C1CCCC1. The lowest BCUT2D eigenvalue weighted by molar-refractivity contribution is -0.151. The van der Waals surface area contributed by atoms with Crippen LogP contribution < -0.4 is 0 Å². The molecule has 0 aromatic rings. The van der Waals surface area contributed by atoms with Crippen molar-refractivity contribution in [3.05, 3.63) is 0 Å². The van der Waals surface area contributed by atoms with Crippen LogP contribution in [0.3, 0.4) is 0 Å². The number of nitrogens with zero attached hydrogens (tertiary/aromatic N) is 1. The van der Waals surface area contributed by atoms with Crippen LogP contribution in [0, 0.1) is 11.8 Å². The van der Waals surface area contributed by atoms with Gasteiger partial charge in [-0.2, -0.15) is 0 Å². The van der Waals surface area contributed by atoms with Crippen molar-refractivity contribution in [2.24, 2.45) is 11.8 Å². The number of carbonyl (C=O) groups excluding carboxylic acids is 1. The molecule has 2 rings (SSSR count). The highest BCUT2D eigenvalue weighted by Crippen LogP contribution is 2.35. The van der Waals surface area contributed by atoms with E-state index in [4.69, 9.17) is 4.74 Å². The van der Waals surface area contributed by atoms with Gasteiger partial charge < -0.3 is 4.74 Å². The monoisotopic (exact) mass is 309 g/mol. The molecule has 128 valence electrons. The molecule has 1 aliphatic heterocycles. The van der Waals surface area contributed by atoms with Crippen molar-refractivity contribution in [3.8, 4) is 0 Å². The minimum Gasteiger partial charge on any atom is -0.464 e. The number of rotatable bonds is 7. The molecule has 2 unspecified atom stereocenters. The van der Waals surface area contributed by atoms with Gasteiger partial charge in [0.1, 0.15) is 6.61 Å². The number of hydrogen-bond donors (Lipinski definition) is 0. The Morgan fingerprint density at radius 3 is 2.50 bits per heavy atom. The zero-order chi connectivity index (χ0) is 16.2. The Kier molecular flexibility index (Phi) is 6.31. The van der Waals surface area contributed by atoms with Crippen molar-refractivity contribution in [1.82, 2.24) is 4.90 Å². The molecule has 0 N–H and O–H groups in total. The fraction of sp³-hybridized carbons (Fsp3) is 0.947. The van der Waals surface area contributed by atoms with E-state index in [-0.39, 0.29) is 17.4 Å². The van der Waals surface area contributed by atoms with Crippen LogP contribution in [0.5, 0.6) is 0 Å². The molecule has 3 nitrogen and oxygen atoms in total. The maximum atomic E-state index is 12.5. The Morgan fingerprint density at radius 1 is 1.27 bits per heavy atom. The largest absolute Gasteiger partial charge is 0.464 e. The predicted octanol–water partition coefficient (Wildman–Crippen LogP) is 4.40. The van der Waals surface area contributed by atoms with Crippen molar-refractivity contribution in [2.75, 3.05) is 13.2 Å². The first-order valence-corrected chi connectivity index (χ1v) is 9.39. The summed E-state index contributed by atoms with van der Waals surface area (Å²) in [5, 5.41) is 0. The van der Waals surface area contributed by atoms with Crippen molar-refractivity contribution >= 4 is 5.97 Å². The van der Waals surface area contributed by atoms with Crippen molar-refractivity contribution < 1.29 is 9.53 Å². The van der Waals surface area contributed by atoms with Crippen LogP contribution in [0.25, 0.3) is 0 Å². The molecule has 0 aromatic carbocycles. The fourth-order valence-electron chi connectivity index (χ4n) is 4.55. The Balaban J connectivity index is 1.80. The highest BCUT2D eigenvalue weighted by Gasteiger charge is 2.37. The van der Waals surface area contributed by atoms with E-state index in [1.54, 1.807) is 0 Å². The summed E-state index contributed by atoms with van der Waals surface area (Å²) in [7, 11) is 0. The van der Waals surface area contributed by atoms with Crippen LogP contribution in [0.1, 0.15) is 79.1 Å². The number of esters is 1. The second-order valence-electron chi connectivity index (χ2n) is 8.00. The molecule has 1 aliphatic carbocycles. The van der Waals surface area contributed by atoms with Gasteiger partial charge in [-0.05, 0) is 58.8 Å². The van der Waals surface area contributed by atoms with E-state index >= 15 is 0 Å². The third kappa shape index (κ3) is 4.24. The van der Waals surface area contributed by atoms with Gasteiger partial charge in [0.2, 0.25) is 0 Å². The molecule has 0 spiro atoms. The zero-order valence-corrected chi connectivity index (χ0v) is 15.1. The summed E-state index contributed by atoms with van der Waals surface area (Å²) in [6.45, 7) is 10.5. The van der Waals surface area contributed by atoms with E-state index in [0.717, 1.165) is 19.4 Å². The molecule has 0 radical (unpaired) electrons. The lowest BCUT2D eigenvalue weighted by Crippen LogP contribution is -2.44. The second-order valence-corrected chi connectivity index (χ2v) is 8.00. The molecule has 2 fully saturated rings. The average molecular weight is 309 g/mol. The standard InChI is InChI=1S/C19H35NO2/c1-5-8-17(16-9-6-7-10-16)18(21)22-14-13-20-15(2)11-12-19(20,3)4/h15-17H,5-14H2,1-4H3. The second kappa shape index (κ2) is 7.81. The van der Waals surface area contributed by atoms with Gasteiger partial charge in [0.05, 0.1) is 5.92 Å². The van der Waals surface area contributed by atoms with E-state index in [1.807, 2.05) is 0 Å². The zero-order valence-electron chi connectivity index (χ0n) is 15.1. The van der Waals surface area contributed by atoms with Crippen molar-refractivity contribution in [1.29, 1.82) is 0 Å². The predicted molar refractivity (Wildman–Crippen MR) is 90.8 cm³/mol. The summed E-state index contributed by atoms with van der Waals surface area (Å²) in [6.07, 6.45) is 9.58. The average Bonchev–Trinajstić information content (AvgIpc) is 3.07. The van der Waals surface area contributed by atoms with Gasteiger partial charge in [0, 0.05) is 18.1 Å². The van der Waals surface area contributed by atoms with Gasteiger partial charge in [-0.3, -0.25) is 9.69 Å². The normalized spacial score (nSPS) is 27.2. The number of hydrogen-bond acceptors (Lipinski definition) is 3. The van der Waals surface area contributed by atoms with E-state index < -0.39 is 0 Å². The summed E-state index contributed by atoms with van der Waals surface area (Å²) >= 11 is 0. The Hall–Kier alpha value is -0.570. The lowest BCUT2D eigenvalue weighted by atomic mass is 9.87. The third-order valence-electron chi connectivity index (χ3n) is 5.93. The fourth-order valence-corrected chi connectivity index (χ4v) is 4.55. The first-order chi connectivity index (χ1) is 10.5. The first kappa shape index (κ1) is 17.8. The molecule has 0 amide bonds. The van der Waals surface area contributed by atoms with Gasteiger partial charge in [-0.15, -0.1) is 0 Å². The van der Waals surface area contributed by atoms with Gasteiger partial charge in [-0.25, -0.2) is 0 Å². The number of carbonyl (C=O) groups is 1. The van der Waals surface area contributed by atoms with Crippen LogP contribution in [0.2, 0.25) is 0 Å². The minimum atomic E-state index is 0.0680. The first-order valence-electron chi connectivity index (χ1n) is 9.39. The molecule has 2 aliphatic rings. The molecular formula is C19H35NO2. The van der Waals surface area contributed by atoms with Crippen LogP contribution in [-0.4, -0.2) is 35.6 Å². The maximum absolute atomic E-state index is 12.5. The van der Waals surface area contributed by atoms with Gasteiger partial charge >= 0.3 is 5.97 Å². The topological polar surface area (TPSA) is 29.5 Å². The lowest BCUT2D eigenvalue weighted by Gasteiger charge is -2.34. The summed E-state index contributed by atoms with van der Waals surface area (Å²) in [6, 6.07) is 0.606. The molecular weight excluding hydrogens is 274 g/mol. The molecule has 3 heteroatoms. The molecule has 22 heavy (non-hydrogen) atoms. The molecule has 0 aromatic heterocycles.